The van der Waals surface area contributed by atoms with Gasteiger partial charge in [-0.25, -0.2) is 0 Å². The average molecular weight is 245 g/mol. The molecule has 0 amide bonds. The lowest BCUT2D eigenvalue weighted by Gasteiger charge is -2.41. The molecule has 0 bridgehead atoms. The highest BCUT2D eigenvalue weighted by molar-refractivity contribution is 7.04. The predicted octanol–water partition coefficient (Wildman–Crippen LogP) is 4.45. The first-order valence-electron chi connectivity index (χ1n) is 5.62. The molecule has 14 heavy (non-hydrogen) atoms. The van der Waals surface area contributed by atoms with E-state index in [0.717, 1.165) is 14.3 Å². The monoisotopic (exact) mass is 244 g/mol. The van der Waals surface area contributed by atoms with Gasteiger partial charge in [-0.15, -0.1) is 0 Å². The summed E-state index contributed by atoms with van der Waals surface area (Å²) in [7, 11) is -0.757. The Morgan fingerprint density at radius 3 is 1.14 bits per heavy atom. The molecule has 0 aliphatic rings. The van der Waals surface area contributed by atoms with Gasteiger partial charge in [0.05, 0.1) is 0 Å². The first kappa shape index (κ1) is 14.7. The molecule has 0 aromatic heterocycles. The molecular formula is C11H28Si3. The second kappa shape index (κ2) is 4.26. The average Bonchev–Trinajstić information content (AvgIpc) is 1.75. The van der Waals surface area contributed by atoms with E-state index in [-0.39, 0.29) is 0 Å². The van der Waals surface area contributed by atoms with Crippen LogP contribution in [-0.2, 0) is 0 Å². The number of hydrogen-bond acceptors (Lipinski definition) is 0. The minimum atomic E-state index is -0.958. The molecule has 0 rings (SSSR count). The van der Waals surface area contributed by atoms with Crippen molar-refractivity contribution in [3.05, 3.63) is 0 Å². The molecule has 0 atom stereocenters. The summed E-state index contributed by atoms with van der Waals surface area (Å²) in [6.45, 7) is 22.5. The molecule has 0 saturated carbocycles. The highest BCUT2D eigenvalue weighted by Gasteiger charge is 2.39. The SMILES string of the molecule is CC(C)(C)[Si]C([Si](C)(C)C)[Si](C)(C)C. The van der Waals surface area contributed by atoms with Crippen molar-refractivity contribution in [3.8, 4) is 0 Å². The van der Waals surface area contributed by atoms with Crippen molar-refractivity contribution >= 4 is 25.7 Å². The Hall–Kier alpha value is 0.651. The highest BCUT2D eigenvalue weighted by Crippen LogP contribution is 2.37. The summed E-state index contributed by atoms with van der Waals surface area (Å²) in [5.74, 6) is 0. The quantitative estimate of drug-likeness (QED) is 0.644. The third kappa shape index (κ3) is 5.51. The van der Waals surface area contributed by atoms with Crippen LogP contribution < -0.4 is 0 Å². The molecule has 0 aliphatic carbocycles. The largest absolute Gasteiger partial charge is 0.0698 e. The van der Waals surface area contributed by atoms with Gasteiger partial charge in [-0.1, -0.05) is 64.8 Å². The fourth-order valence-corrected chi connectivity index (χ4v) is 19.5. The Kier molecular flexibility index (Phi) is 4.46. The Morgan fingerprint density at radius 1 is 0.786 bits per heavy atom. The van der Waals surface area contributed by atoms with Crippen LogP contribution in [0.25, 0.3) is 0 Å². The smallest absolute Gasteiger partial charge is 0.0419 e. The normalized spacial score (nSPS) is 15.0. The summed E-state index contributed by atoms with van der Waals surface area (Å²) < 4.78 is 0. The molecule has 2 radical (unpaired) electrons. The van der Waals surface area contributed by atoms with E-state index in [1.165, 1.54) is 0 Å². The fourth-order valence-electron chi connectivity index (χ4n) is 2.17. The Morgan fingerprint density at radius 2 is 1.07 bits per heavy atom. The van der Waals surface area contributed by atoms with E-state index in [2.05, 4.69) is 60.1 Å². The van der Waals surface area contributed by atoms with Crippen LogP contribution in [0.15, 0.2) is 0 Å². The molecule has 0 fully saturated rings. The zero-order valence-electron chi connectivity index (χ0n) is 11.6. The second-order valence-corrected chi connectivity index (χ2v) is 22.3. The van der Waals surface area contributed by atoms with Gasteiger partial charge >= 0.3 is 0 Å². The molecule has 84 valence electrons. The van der Waals surface area contributed by atoms with Crippen molar-refractivity contribution in [2.75, 3.05) is 0 Å². The van der Waals surface area contributed by atoms with Crippen LogP contribution >= 0.6 is 0 Å². The topological polar surface area (TPSA) is 0 Å². The standard InChI is InChI=1S/C11H28Si3/c1-11(2,3)12-10(13(4,5)6)14(7,8)9/h10H,1-9H3. The summed E-state index contributed by atoms with van der Waals surface area (Å²) in [5.41, 5.74) is 0. The summed E-state index contributed by atoms with van der Waals surface area (Å²) in [5, 5.41) is 0.533. The van der Waals surface area contributed by atoms with Gasteiger partial charge < -0.3 is 0 Å². The van der Waals surface area contributed by atoms with Crippen LogP contribution in [0.2, 0.25) is 49.1 Å². The molecule has 0 aromatic carbocycles. The lowest BCUT2D eigenvalue weighted by Crippen LogP contribution is -2.48. The lowest BCUT2D eigenvalue weighted by molar-refractivity contribution is 0.750. The molecule has 0 aromatic rings. The van der Waals surface area contributed by atoms with Crippen LogP contribution in [0.4, 0.5) is 0 Å². The molecule has 0 spiro atoms. The van der Waals surface area contributed by atoms with Crippen molar-refractivity contribution < 1.29 is 0 Å². The van der Waals surface area contributed by atoms with E-state index in [4.69, 9.17) is 0 Å². The fraction of sp³-hybridized carbons (Fsp3) is 1.00. The summed E-state index contributed by atoms with van der Waals surface area (Å²) >= 11 is 0. The molecule has 0 unspecified atom stereocenters. The van der Waals surface area contributed by atoms with E-state index < -0.39 is 16.1 Å². The van der Waals surface area contributed by atoms with Crippen molar-refractivity contribution in [2.24, 2.45) is 0 Å². The molecule has 0 nitrogen and oxygen atoms in total. The maximum Gasteiger partial charge on any atom is 0.0419 e. The molecule has 3 heteroatoms. The van der Waals surface area contributed by atoms with Crippen LogP contribution in [-0.4, -0.2) is 25.7 Å². The second-order valence-electron chi connectivity index (χ2n) is 7.56. The first-order valence-corrected chi connectivity index (χ1v) is 13.8. The molecule has 0 heterocycles. The van der Waals surface area contributed by atoms with E-state index in [9.17, 15) is 0 Å². The Labute approximate surface area is 95.7 Å². The van der Waals surface area contributed by atoms with Crippen molar-refractivity contribution in [1.29, 1.82) is 0 Å². The minimum Gasteiger partial charge on any atom is -0.0698 e. The van der Waals surface area contributed by atoms with Crippen LogP contribution in [0.5, 0.6) is 0 Å². The third-order valence-corrected chi connectivity index (χ3v) is 18.2. The van der Waals surface area contributed by atoms with Crippen LogP contribution in [0.1, 0.15) is 20.8 Å². The minimum absolute atomic E-state index is 0.533. The van der Waals surface area contributed by atoms with Crippen LogP contribution in [0, 0.1) is 0 Å². The maximum absolute atomic E-state index is 2.55. The Balaban J connectivity index is 4.78. The lowest BCUT2D eigenvalue weighted by atomic mass is 10.3. The van der Waals surface area contributed by atoms with Crippen LogP contribution in [0.3, 0.4) is 0 Å². The van der Waals surface area contributed by atoms with E-state index >= 15 is 0 Å². The van der Waals surface area contributed by atoms with Gasteiger partial charge in [0, 0.05) is 25.7 Å². The molecule has 0 aliphatic heterocycles. The van der Waals surface area contributed by atoms with Crippen molar-refractivity contribution in [1.82, 2.24) is 0 Å². The zero-order valence-corrected chi connectivity index (χ0v) is 14.6. The third-order valence-electron chi connectivity index (χ3n) is 2.31. The van der Waals surface area contributed by atoms with Crippen molar-refractivity contribution in [3.63, 3.8) is 0 Å². The van der Waals surface area contributed by atoms with Gasteiger partial charge in [0.25, 0.3) is 0 Å². The molecule has 0 N–H and O–H groups in total. The van der Waals surface area contributed by atoms with E-state index in [0.29, 0.717) is 5.04 Å². The molecular weight excluding hydrogens is 216 g/mol. The van der Waals surface area contributed by atoms with Gasteiger partial charge in [-0.3, -0.25) is 0 Å². The van der Waals surface area contributed by atoms with Gasteiger partial charge in [0.2, 0.25) is 0 Å². The summed E-state index contributed by atoms with van der Waals surface area (Å²) in [6.07, 6.45) is 0. The number of rotatable bonds is 3. The van der Waals surface area contributed by atoms with Gasteiger partial charge in [0.1, 0.15) is 0 Å². The van der Waals surface area contributed by atoms with E-state index in [1.54, 1.807) is 0 Å². The zero-order chi connectivity index (χ0) is 11.8. The summed E-state index contributed by atoms with van der Waals surface area (Å²) in [4.78, 5) is 1.08. The summed E-state index contributed by atoms with van der Waals surface area (Å²) in [6, 6.07) is 0. The van der Waals surface area contributed by atoms with Crippen molar-refractivity contribution in [2.45, 2.75) is 69.9 Å². The van der Waals surface area contributed by atoms with Gasteiger partial charge in [-0.05, 0) is 5.04 Å². The number of hydrogen-bond donors (Lipinski definition) is 0. The first-order chi connectivity index (χ1) is 5.84. The molecule has 0 saturated heterocycles. The highest BCUT2D eigenvalue weighted by atomic mass is 28.4. The van der Waals surface area contributed by atoms with E-state index in [1.807, 2.05) is 0 Å². The Bertz CT molecular complexity index is 164. The predicted molar refractivity (Wildman–Crippen MR) is 75.9 cm³/mol. The van der Waals surface area contributed by atoms with Gasteiger partial charge in [0.15, 0.2) is 0 Å². The van der Waals surface area contributed by atoms with Gasteiger partial charge in [-0.2, -0.15) is 0 Å². The maximum atomic E-state index is 2.55.